The molecule has 0 aliphatic rings. The molecule has 0 saturated heterocycles. The molecule has 1 heterocycles. The molecule has 2 aromatic rings. The first kappa shape index (κ1) is 18.2. The van der Waals surface area contributed by atoms with Crippen molar-refractivity contribution >= 4 is 30.0 Å². The molecule has 0 saturated carbocycles. The second-order valence-corrected chi connectivity index (χ2v) is 6.13. The second kappa shape index (κ2) is 9.88. The Hall–Kier alpha value is -2.14. The Morgan fingerprint density at radius 1 is 0.958 bits per heavy atom. The number of hydrogen-bond donors (Lipinski definition) is 2. The molecule has 4 nitrogen and oxygen atoms in total. The van der Waals surface area contributed by atoms with E-state index in [9.17, 15) is 9.59 Å². The van der Waals surface area contributed by atoms with Crippen LogP contribution in [-0.4, -0.2) is 16.7 Å². The third kappa shape index (κ3) is 6.16. The molecule has 1 aromatic carbocycles. The van der Waals surface area contributed by atoms with E-state index in [1.165, 1.54) is 0 Å². The number of ketones is 1. The molecular weight excluding hydrogens is 320 g/mol. The van der Waals surface area contributed by atoms with Crippen molar-refractivity contribution in [2.24, 2.45) is 0 Å². The highest BCUT2D eigenvalue weighted by Crippen LogP contribution is 2.17. The molecule has 1 aromatic heterocycles. The van der Waals surface area contributed by atoms with Crippen molar-refractivity contribution in [2.45, 2.75) is 43.4 Å². The van der Waals surface area contributed by atoms with Crippen LogP contribution in [0.5, 0.6) is 0 Å². The van der Waals surface area contributed by atoms with Crippen LogP contribution >= 0.6 is 12.6 Å². The monoisotopic (exact) mass is 342 g/mol. The lowest BCUT2D eigenvalue weighted by molar-refractivity contribution is -0.116. The van der Waals surface area contributed by atoms with Gasteiger partial charge in [0.2, 0.25) is 5.91 Å². The predicted molar refractivity (Wildman–Crippen MR) is 98.6 cm³/mol. The highest BCUT2D eigenvalue weighted by Gasteiger charge is 2.08. The fourth-order valence-corrected chi connectivity index (χ4v) is 2.71. The van der Waals surface area contributed by atoms with Gasteiger partial charge in [-0.15, -0.1) is 12.6 Å². The first-order valence-electron chi connectivity index (χ1n) is 8.18. The van der Waals surface area contributed by atoms with Gasteiger partial charge in [-0.3, -0.25) is 14.6 Å². The first-order chi connectivity index (χ1) is 11.7. The lowest BCUT2D eigenvalue weighted by Gasteiger charge is -2.05. The van der Waals surface area contributed by atoms with E-state index in [0.717, 1.165) is 36.3 Å². The van der Waals surface area contributed by atoms with Crippen LogP contribution in [-0.2, 0) is 4.79 Å². The van der Waals surface area contributed by atoms with E-state index >= 15 is 0 Å². The number of amides is 1. The summed E-state index contributed by atoms with van der Waals surface area (Å²) in [5, 5.41) is 2.81. The van der Waals surface area contributed by atoms with Gasteiger partial charge in [0.1, 0.15) is 0 Å². The summed E-state index contributed by atoms with van der Waals surface area (Å²) in [4.78, 5) is 28.6. The number of benzene rings is 1. The van der Waals surface area contributed by atoms with Gasteiger partial charge >= 0.3 is 0 Å². The number of aromatic nitrogens is 1. The molecule has 5 heteroatoms. The van der Waals surface area contributed by atoms with E-state index in [0.29, 0.717) is 18.4 Å². The number of nitrogens with zero attached hydrogens (tertiary/aromatic N) is 1. The third-order valence-electron chi connectivity index (χ3n) is 3.71. The number of thiol groups is 1. The zero-order valence-corrected chi connectivity index (χ0v) is 14.5. The Morgan fingerprint density at radius 2 is 1.71 bits per heavy atom. The molecule has 24 heavy (non-hydrogen) atoms. The highest BCUT2D eigenvalue weighted by atomic mass is 32.1. The quantitative estimate of drug-likeness (QED) is 0.400. The second-order valence-electron chi connectivity index (χ2n) is 5.64. The summed E-state index contributed by atoms with van der Waals surface area (Å²) < 4.78 is 0. The summed E-state index contributed by atoms with van der Waals surface area (Å²) in [6.45, 7) is 0. The molecule has 0 aliphatic carbocycles. The van der Waals surface area contributed by atoms with Crippen LogP contribution in [0.4, 0.5) is 5.69 Å². The van der Waals surface area contributed by atoms with Gasteiger partial charge in [-0.05, 0) is 31.0 Å². The Balaban J connectivity index is 1.58. The van der Waals surface area contributed by atoms with Crippen LogP contribution in [0.25, 0.3) is 0 Å². The van der Waals surface area contributed by atoms with Crippen LogP contribution in [0, 0.1) is 0 Å². The number of hydrogen-bond acceptors (Lipinski definition) is 4. The highest BCUT2D eigenvalue weighted by molar-refractivity contribution is 7.80. The van der Waals surface area contributed by atoms with Gasteiger partial charge in [0, 0.05) is 29.5 Å². The van der Waals surface area contributed by atoms with Crippen molar-refractivity contribution in [1.82, 2.24) is 4.98 Å². The molecule has 0 unspecified atom stereocenters. The lowest BCUT2D eigenvalue weighted by atomic mass is 10.0. The number of anilines is 1. The Kier molecular flexibility index (Phi) is 7.49. The molecule has 0 fully saturated rings. The van der Waals surface area contributed by atoms with Gasteiger partial charge in [-0.25, -0.2) is 0 Å². The van der Waals surface area contributed by atoms with Gasteiger partial charge in [0.25, 0.3) is 0 Å². The lowest BCUT2D eigenvalue weighted by Crippen LogP contribution is -2.11. The Labute approximate surface area is 148 Å². The minimum atomic E-state index is 0.00285. The van der Waals surface area contributed by atoms with E-state index in [2.05, 4.69) is 22.9 Å². The SMILES string of the molecule is O=C(CCCCCCC(=O)c1ccccc1S)Nc1cccnc1. The van der Waals surface area contributed by atoms with Crippen LogP contribution in [0.15, 0.2) is 53.7 Å². The molecule has 0 radical (unpaired) electrons. The predicted octanol–water partition coefficient (Wildman–Crippen LogP) is 4.53. The molecule has 0 spiro atoms. The van der Waals surface area contributed by atoms with Gasteiger partial charge in [-0.2, -0.15) is 0 Å². The molecule has 0 atom stereocenters. The van der Waals surface area contributed by atoms with Gasteiger partial charge < -0.3 is 5.32 Å². The fourth-order valence-electron chi connectivity index (χ4n) is 2.43. The first-order valence-corrected chi connectivity index (χ1v) is 8.62. The number of carbonyl (C=O) groups excluding carboxylic acids is 2. The van der Waals surface area contributed by atoms with Crippen molar-refractivity contribution in [3.8, 4) is 0 Å². The average Bonchev–Trinajstić information content (AvgIpc) is 2.59. The summed E-state index contributed by atoms with van der Waals surface area (Å²) >= 11 is 4.31. The molecule has 0 aliphatic heterocycles. The average molecular weight is 342 g/mol. The number of Topliss-reactive ketones (excluding diaryl/α,β-unsaturated/α-hetero) is 1. The number of carbonyl (C=O) groups is 2. The zero-order valence-electron chi connectivity index (χ0n) is 13.6. The maximum Gasteiger partial charge on any atom is 0.224 e. The normalized spacial score (nSPS) is 10.4. The molecular formula is C19H22N2O2S. The van der Waals surface area contributed by atoms with Crippen molar-refractivity contribution in [3.63, 3.8) is 0 Å². The number of rotatable bonds is 9. The maximum absolute atomic E-state index is 12.1. The van der Waals surface area contributed by atoms with E-state index in [1.807, 2.05) is 30.3 Å². The number of nitrogens with one attached hydrogen (secondary N) is 1. The number of pyridine rings is 1. The van der Waals surface area contributed by atoms with Crippen LogP contribution in [0.3, 0.4) is 0 Å². The van der Waals surface area contributed by atoms with Crippen molar-refractivity contribution in [3.05, 3.63) is 54.4 Å². The van der Waals surface area contributed by atoms with Crippen molar-refractivity contribution in [2.75, 3.05) is 5.32 Å². The Bertz CT molecular complexity index is 674. The minimum Gasteiger partial charge on any atom is -0.325 e. The standard InChI is InChI=1S/C19H22N2O2S/c22-17(16-9-5-6-11-18(16)24)10-3-1-2-4-12-19(23)21-15-8-7-13-20-14-15/h5-9,11,13-14,24H,1-4,10,12H2,(H,21,23). The van der Waals surface area contributed by atoms with E-state index in [-0.39, 0.29) is 11.7 Å². The van der Waals surface area contributed by atoms with E-state index in [4.69, 9.17) is 0 Å². The minimum absolute atomic E-state index is 0.00285. The summed E-state index contributed by atoms with van der Waals surface area (Å²) in [5.41, 5.74) is 1.41. The van der Waals surface area contributed by atoms with Gasteiger partial charge in [-0.1, -0.05) is 31.0 Å². The third-order valence-corrected chi connectivity index (χ3v) is 4.10. The molecule has 0 bridgehead atoms. The van der Waals surface area contributed by atoms with Crippen LogP contribution < -0.4 is 5.32 Å². The zero-order chi connectivity index (χ0) is 17.2. The van der Waals surface area contributed by atoms with Crippen molar-refractivity contribution in [1.29, 1.82) is 0 Å². The fraction of sp³-hybridized carbons (Fsp3) is 0.316. The van der Waals surface area contributed by atoms with E-state index < -0.39 is 0 Å². The molecule has 126 valence electrons. The van der Waals surface area contributed by atoms with Gasteiger partial charge in [0.15, 0.2) is 5.78 Å². The maximum atomic E-state index is 12.1. The number of unbranched alkanes of at least 4 members (excludes halogenated alkanes) is 3. The van der Waals surface area contributed by atoms with Crippen LogP contribution in [0.1, 0.15) is 48.9 Å². The summed E-state index contributed by atoms with van der Waals surface area (Å²) in [6, 6.07) is 11.0. The molecule has 2 rings (SSSR count). The topological polar surface area (TPSA) is 59.1 Å². The summed E-state index contributed by atoms with van der Waals surface area (Å²) in [7, 11) is 0. The van der Waals surface area contributed by atoms with Crippen molar-refractivity contribution < 1.29 is 9.59 Å². The largest absolute Gasteiger partial charge is 0.325 e. The Morgan fingerprint density at radius 3 is 2.42 bits per heavy atom. The summed E-state index contributed by atoms with van der Waals surface area (Å²) in [5.74, 6) is 0.137. The molecule has 1 amide bonds. The van der Waals surface area contributed by atoms with Gasteiger partial charge in [0.05, 0.1) is 11.9 Å². The molecule has 1 N–H and O–H groups in total. The summed E-state index contributed by atoms with van der Waals surface area (Å²) in [6.07, 6.45) is 7.86. The van der Waals surface area contributed by atoms with Crippen LogP contribution in [0.2, 0.25) is 0 Å². The smallest absolute Gasteiger partial charge is 0.224 e. The van der Waals surface area contributed by atoms with E-state index in [1.54, 1.807) is 18.5 Å².